The number of pyridine rings is 2. The van der Waals surface area contributed by atoms with Crippen molar-refractivity contribution >= 4 is 10.9 Å². The third-order valence-corrected chi connectivity index (χ3v) is 5.07. The van der Waals surface area contributed by atoms with Crippen LogP contribution in [0.1, 0.15) is 11.5 Å². The fraction of sp³-hybridized carbons (Fsp3) is 0.182. The Hall–Kier alpha value is -4.34. The van der Waals surface area contributed by atoms with Gasteiger partial charge in [0.15, 0.2) is 5.75 Å². The number of hydrogen-bond acceptors (Lipinski definition) is 8. The molecule has 162 valence electrons. The van der Waals surface area contributed by atoms with Crippen molar-refractivity contribution in [3.8, 4) is 34.5 Å². The van der Waals surface area contributed by atoms with Crippen molar-refractivity contribution in [2.24, 2.45) is 0 Å². The normalized spacial score (nSPS) is 11.2. The predicted octanol–water partition coefficient (Wildman–Crippen LogP) is 3.35. The van der Waals surface area contributed by atoms with E-state index in [4.69, 9.17) is 19.0 Å². The third-order valence-electron chi connectivity index (χ3n) is 5.07. The van der Waals surface area contributed by atoms with Gasteiger partial charge in [-0.1, -0.05) is 5.16 Å². The maximum Gasteiger partial charge on any atom is 0.256 e. The van der Waals surface area contributed by atoms with Crippen molar-refractivity contribution < 1.29 is 19.1 Å². The first-order valence-corrected chi connectivity index (χ1v) is 9.80. The molecule has 0 spiro atoms. The minimum absolute atomic E-state index is 0.0846. The van der Waals surface area contributed by atoms with E-state index in [1.54, 1.807) is 34.9 Å². The van der Waals surface area contributed by atoms with Crippen LogP contribution in [-0.4, -0.2) is 48.8 Å². The second kappa shape index (κ2) is 7.73. The van der Waals surface area contributed by atoms with E-state index in [-0.39, 0.29) is 5.88 Å². The summed E-state index contributed by atoms with van der Waals surface area (Å²) in [5.74, 6) is 1.75. The van der Waals surface area contributed by atoms with Gasteiger partial charge >= 0.3 is 0 Å². The smallest absolute Gasteiger partial charge is 0.256 e. The maximum absolute atomic E-state index is 10.8. The second-order valence-electron chi connectivity index (χ2n) is 7.21. The molecule has 32 heavy (non-hydrogen) atoms. The molecule has 0 saturated carbocycles. The molecule has 5 aromatic rings. The molecule has 1 N–H and O–H groups in total. The van der Waals surface area contributed by atoms with Gasteiger partial charge < -0.3 is 19.1 Å². The van der Waals surface area contributed by atoms with E-state index in [9.17, 15) is 5.11 Å². The summed E-state index contributed by atoms with van der Waals surface area (Å²) in [6.07, 6.45) is 6.93. The molecule has 0 saturated heterocycles. The predicted molar refractivity (Wildman–Crippen MR) is 115 cm³/mol. The standard InChI is InChI=1S/C22H20N6O4/c1-13-6-15(26-32-13)10-27-11-16(9-24-27)28-12-19-17(22(28)29)4-5-18(25-19)14-7-20(30-2)21(31-3)23-8-14/h4-9,11-12,29H,10H2,1-3H3. The highest BCUT2D eigenvalue weighted by Crippen LogP contribution is 2.33. The van der Waals surface area contributed by atoms with Gasteiger partial charge in [0, 0.05) is 30.2 Å². The zero-order chi connectivity index (χ0) is 22.2. The van der Waals surface area contributed by atoms with Crippen LogP contribution < -0.4 is 9.47 Å². The van der Waals surface area contributed by atoms with Crippen LogP contribution in [0.5, 0.6) is 17.5 Å². The van der Waals surface area contributed by atoms with Crippen LogP contribution >= 0.6 is 0 Å². The quantitative estimate of drug-likeness (QED) is 0.435. The van der Waals surface area contributed by atoms with Crippen LogP contribution in [0.4, 0.5) is 0 Å². The zero-order valence-electron chi connectivity index (χ0n) is 17.7. The summed E-state index contributed by atoms with van der Waals surface area (Å²) in [6, 6.07) is 7.32. The molecule has 10 nitrogen and oxygen atoms in total. The van der Waals surface area contributed by atoms with E-state index in [2.05, 4.69) is 15.2 Å². The molecule has 0 fully saturated rings. The number of aryl methyl sites for hydroxylation is 1. The van der Waals surface area contributed by atoms with Crippen LogP contribution in [0.15, 0.2) is 53.6 Å². The number of rotatable bonds is 6. The van der Waals surface area contributed by atoms with Gasteiger partial charge in [0.05, 0.1) is 49.2 Å². The first-order chi connectivity index (χ1) is 15.6. The van der Waals surface area contributed by atoms with E-state index in [0.29, 0.717) is 40.5 Å². The average molecular weight is 432 g/mol. The summed E-state index contributed by atoms with van der Waals surface area (Å²) < 4.78 is 19.0. The summed E-state index contributed by atoms with van der Waals surface area (Å²) in [5, 5.41) is 19.7. The number of nitrogens with zero attached hydrogens (tertiary/aromatic N) is 6. The molecule has 0 aliphatic carbocycles. The van der Waals surface area contributed by atoms with Crippen LogP contribution in [0, 0.1) is 6.92 Å². The molecule has 0 aliphatic heterocycles. The molecule has 0 amide bonds. The molecule has 0 radical (unpaired) electrons. The van der Waals surface area contributed by atoms with Gasteiger partial charge in [-0.15, -0.1) is 0 Å². The molecular weight excluding hydrogens is 412 g/mol. The topological polar surface area (TPSA) is 113 Å². The molecule has 5 aromatic heterocycles. The molecule has 0 unspecified atom stereocenters. The third kappa shape index (κ3) is 3.41. The number of methoxy groups -OCH3 is 2. The summed E-state index contributed by atoms with van der Waals surface area (Å²) in [7, 11) is 3.09. The zero-order valence-corrected chi connectivity index (χ0v) is 17.7. The Balaban J connectivity index is 1.48. The average Bonchev–Trinajstić information content (AvgIpc) is 3.52. The molecule has 0 bridgehead atoms. The Kier molecular flexibility index (Phi) is 4.74. The van der Waals surface area contributed by atoms with Gasteiger partial charge in [0.2, 0.25) is 5.88 Å². The van der Waals surface area contributed by atoms with Gasteiger partial charge in [-0.25, -0.2) is 9.97 Å². The van der Waals surface area contributed by atoms with Gasteiger partial charge in [-0.2, -0.15) is 5.10 Å². The monoisotopic (exact) mass is 432 g/mol. The van der Waals surface area contributed by atoms with Gasteiger partial charge in [0.25, 0.3) is 5.88 Å². The molecule has 0 aromatic carbocycles. The molecule has 0 atom stereocenters. The lowest BCUT2D eigenvalue weighted by Crippen LogP contribution is -2.00. The Morgan fingerprint density at radius 2 is 1.97 bits per heavy atom. The van der Waals surface area contributed by atoms with Crippen LogP contribution in [0.25, 0.3) is 27.8 Å². The summed E-state index contributed by atoms with van der Waals surface area (Å²) in [4.78, 5) is 8.96. The van der Waals surface area contributed by atoms with Crippen molar-refractivity contribution in [1.29, 1.82) is 0 Å². The molecule has 0 aliphatic rings. The lowest BCUT2D eigenvalue weighted by Gasteiger charge is -2.08. The van der Waals surface area contributed by atoms with Crippen LogP contribution in [-0.2, 0) is 6.54 Å². The molecule has 5 rings (SSSR count). The van der Waals surface area contributed by atoms with Crippen molar-refractivity contribution in [1.82, 2.24) is 29.5 Å². The highest BCUT2D eigenvalue weighted by atomic mass is 16.5. The highest BCUT2D eigenvalue weighted by Gasteiger charge is 2.15. The summed E-state index contributed by atoms with van der Waals surface area (Å²) in [5.41, 5.74) is 3.58. The minimum atomic E-state index is 0.0846. The molecule has 10 heteroatoms. The first-order valence-electron chi connectivity index (χ1n) is 9.80. The summed E-state index contributed by atoms with van der Waals surface area (Å²) in [6.45, 7) is 2.31. The van der Waals surface area contributed by atoms with Crippen molar-refractivity contribution in [2.45, 2.75) is 13.5 Å². The number of hydrogen-bond donors (Lipinski definition) is 1. The van der Waals surface area contributed by atoms with Crippen molar-refractivity contribution in [3.05, 3.63) is 60.5 Å². The Morgan fingerprint density at radius 1 is 1.09 bits per heavy atom. The van der Waals surface area contributed by atoms with Crippen LogP contribution in [0.3, 0.4) is 0 Å². The highest BCUT2D eigenvalue weighted by molar-refractivity contribution is 5.87. The Bertz CT molecular complexity index is 1420. The number of aromatic hydroxyl groups is 1. The van der Waals surface area contributed by atoms with E-state index in [0.717, 1.165) is 17.0 Å². The SMILES string of the molecule is COc1cc(-c2ccc3c(O)n(-c4cnn(Cc5cc(C)on5)c4)cc3n2)cnc1OC. The van der Waals surface area contributed by atoms with E-state index < -0.39 is 0 Å². The van der Waals surface area contributed by atoms with E-state index in [1.807, 2.05) is 37.4 Å². The summed E-state index contributed by atoms with van der Waals surface area (Å²) >= 11 is 0. The van der Waals surface area contributed by atoms with E-state index >= 15 is 0 Å². The van der Waals surface area contributed by atoms with Crippen molar-refractivity contribution in [3.63, 3.8) is 0 Å². The fourth-order valence-corrected chi connectivity index (χ4v) is 3.53. The van der Waals surface area contributed by atoms with E-state index in [1.165, 1.54) is 7.11 Å². The second-order valence-corrected chi connectivity index (χ2v) is 7.21. The van der Waals surface area contributed by atoms with Gasteiger partial charge in [-0.05, 0) is 25.1 Å². The fourth-order valence-electron chi connectivity index (χ4n) is 3.53. The molecule has 5 heterocycles. The Morgan fingerprint density at radius 3 is 2.72 bits per heavy atom. The maximum atomic E-state index is 10.8. The van der Waals surface area contributed by atoms with Crippen molar-refractivity contribution in [2.75, 3.05) is 14.2 Å². The van der Waals surface area contributed by atoms with Gasteiger partial charge in [0.1, 0.15) is 11.5 Å². The number of fused-ring (bicyclic) bond motifs is 1. The number of ether oxygens (including phenoxy) is 2. The lowest BCUT2D eigenvalue weighted by molar-refractivity contribution is 0.343. The Labute approximate surface area is 182 Å². The van der Waals surface area contributed by atoms with Gasteiger partial charge in [-0.3, -0.25) is 9.25 Å². The minimum Gasteiger partial charge on any atom is -0.494 e. The number of aromatic nitrogens is 6. The molecular formula is C22H20N6O4. The van der Waals surface area contributed by atoms with Crippen LogP contribution in [0.2, 0.25) is 0 Å². The lowest BCUT2D eigenvalue weighted by atomic mass is 10.1. The first kappa shape index (κ1) is 19.6. The largest absolute Gasteiger partial charge is 0.494 e.